The number of hydrogen-bond donors (Lipinski definition) is 2. The minimum atomic E-state index is 0.336. The van der Waals surface area contributed by atoms with E-state index in [1.807, 2.05) is 25.1 Å². The van der Waals surface area contributed by atoms with E-state index in [2.05, 4.69) is 16.4 Å². The first kappa shape index (κ1) is 13.0. The molecule has 1 aromatic rings. The third-order valence-corrected chi connectivity index (χ3v) is 2.25. The first-order chi connectivity index (χ1) is 8.15. The van der Waals surface area contributed by atoms with Crippen molar-refractivity contribution in [2.45, 2.75) is 13.5 Å². The summed E-state index contributed by atoms with van der Waals surface area (Å²) in [6.45, 7) is 2.54. The number of likely N-dealkylation sites (N-methyl/N-ethyl adjacent to an activating group) is 1. The summed E-state index contributed by atoms with van der Waals surface area (Å²) in [4.78, 5) is 14.7. The van der Waals surface area contributed by atoms with E-state index in [1.165, 1.54) is 11.6 Å². The van der Waals surface area contributed by atoms with Crippen LogP contribution in [0.25, 0.3) is 0 Å². The number of hydrogen-bond acceptors (Lipinski definition) is 3. The van der Waals surface area contributed by atoms with Crippen LogP contribution in [-0.2, 0) is 11.3 Å². The summed E-state index contributed by atoms with van der Waals surface area (Å²) in [5.41, 5.74) is 8.39. The molecule has 0 spiro atoms. The topological polar surface area (TPSA) is 67.5 Å². The molecule has 90 valence electrons. The summed E-state index contributed by atoms with van der Waals surface area (Å²) in [6.07, 6.45) is 2.22. The van der Waals surface area contributed by atoms with Crippen molar-refractivity contribution in [1.29, 1.82) is 0 Å². The molecule has 0 atom stereocenters. The summed E-state index contributed by atoms with van der Waals surface area (Å²) in [5.74, 6) is 0.336. The second-order valence-corrected chi connectivity index (χ2v) is 3.70. The van der Waals surface area contributed by atoms with E-state index in [-0.39, 0.29) is 0 Å². The molecule has 1 rings (SSSR count). The van der Waals surface area contributed by atoms with Gasteiger partial charge in [0.2, 0.25) is 0 Å². The third kappa shape index (κ3) is 4.51. The van der Waals surface area contributed by atoms with Crippen LogP contribution in [-0.4, -0.2) is 19.2 Å². The molecular weight excluding hydrogens is 214 g/mol. The van der Waals surface area contributed by atoms with Crippen molar-refractivity contribution in [2.75, 3.05) is 7.05 Å². The maximum absolute atomic E-state index is 10.5. The number of benzene rings is 1. The first-order valence-electron chi connectivity index (χ1n) is 5.36. The summed E-state index contributed by atoms with van der Waals surface area (Å²) in [5, 5.41) is 2.72. The average molecular weight is 231 g/mol. The predicted octanol–water partition coefficient (Wildman–Crippen LogP) is 1.15. The van der Waals surface area contributed by atoms with Gasteiger partial charge in [0.25, 0.3) is 0 Å². The van der Waals surface area contributed by atoms with Crippen LogP contribution in [0.2, 0.25) is 0 Å². The number of allylic oxidation sites excluding steroid dienone is 1. The minimum Gasteiger partial charge on any atom is -0.385 e. The molecule has 0 saturated heterocycles. The molecule has 0 radical (unpaired) electrons. The molecule has 0 heterocycles. The Hall–Kier alpha value is -2.10. The first-order valence-corrected chi connectivity index (χ1v) is 5.36. The van der Waals surface area contributed by atoms with E-state index in [0.717, 1.165) is 5.56 Å². The van der Waals surface area contributed by atoms with Crippen molar-refractivity contribution < 1.29 is 4.79 Å². The Balaban J connectivity index is 2.71. The van der Waals surface area contributed by atoms with E-state index in [9.17, 15) is 4.79 Å². The molecule has 0 bridgehead atoms. The molecular formula is C13H17N3O. The maximum Gasteiger partial charge on any atom is 0.166 e. The molecule has 0 aliphatic carbocycles. The van der Waals surface area contributed by atoms with Gasteiger partial charge in [-0.25, -0.2) is 0 Å². The molecule has 4 heteroatoms. The fourth-order valence-corrected chi connectivity index (χ4v) is 1.36. The Morgan fingerprint density at radius 3 is 2.88 bits per heavy atom. The molecule has 0 saturated carbocycles. The number of nitrogens with zero attached hydrogens (tertiary/aromatic N) is 1. The van der Waals surface area contributed by atoms with Crippen molar-refractivity contribution >= 4 is 12.1 Å². The lowest BCUT2D eigenvalue weighted by atomic mass is 10.1. The molecule has 1 aromatic carbocycles. The number of carbonyl (C=O) groups is 1. The van der Waals surface area contributed by atoms with Gasteiger partial charge in [0, 0.05) is 13.1 Å². The van der Waals surface area contributed by atoms with E-state index >= 15 is 0 Å². The third-order valence-electron chi connectivity index (χ3n) is 2.25. The molecule has 0 unspecified atom stereocenters. The van der Waals surface area contributed by atoms with Crippen molar-refractivity contribution in [3.05, 3.63) is 47.2 Å². The van der Waals surface area contributed by atoms with Gasteiger partial charge in [-0.15, -0.1) is 0 Å². The molecule has 4 nitrogen and oxygen atoms in total. The average Bonchev–Trinajstić information content (AvgIpc) is 2.33. The van der Waals surface area contributed by atoms with Gasteiger partial charge in [0.05, 0.1) is 12.2 Å². The highest BCUT2D eigenvalue weighted by Crippen LogP contribution is 2.05. The highest BCUT2D eigenvalue weighted by atomic mass is 16.1. The molecule has 17 heavy (non-hydrogen) atoms. The van der Waals surface area contributed by atoms with E-state index in [1.54, 1.807) is 7.05 Å². The molecule has 0 aliphatic heterocycles. The molecule has 0 amide bonds. The monoisotopic (exact) mass is 231 g/mol. The summed E-state index contributed by atoms with van der Waals surface area (Å²) in [7, 11) is 1.66. The smallest absolute Gasteiger partial charge is 0.166 e. The fourth-order valence-electron chi connectivity index (χ4n) is 1.36. The molecule has 0 fully saturated rings. The highest BCUT2D eigenvalue weighted by molar-refractivity contribution is 5.96. The quantitative estimate of drug-likeness (QED) is 0.346. The second-order valence-electron chi connectivity index (χ2n) is 3.70. The molecule has 3 N–H and O–H groups in total. The van der Waals surface area contributed by atoms with Crippen LogP contribution in [0.3, 0.4) is 0 Å². The van der Waals surface area contributed by atoms with Gasteiger partial charge in [-0.3, -0.25) is 9.79 Å². The van der Waals surface area contributed by atoms with E-state index < -0.39 is 0 Å². The van der Waals surface area contributed by atoms with Crippen molar-refractivity contribution in [1.82, 2.24) is 5.32 Å². The summed E-state index contributed by atoms with van der Waals surface area (Å²) < 4.78 is 0. The van der Waals surface area contributed by atoms with Gasteiger partial charge >= 0.3 is 0 Å². The zero-order valence-corrected chi connectivity index (χ0v) is 10.1. The Kier molecular flexibility index (Phi) is 4.94. The lowest BCUT2D eigenvalue weighted by Crippen LogP contribution is -2.15. The largest absolute Gasteiger partial charge is 0.385 e. The van der Waals surface area contributed by atoms with Gasteiger partial charge in [-0.1, -0.05) is 29.8 Å². The van der Waals surface area contributed by atoms with Crippen LogP contribution in [0.15, 0.2) is 41.0 Å². The number of nitrogens with two attached hydrogens (primary N) is 1. The summed E-state index contributed by atoms with van der Waals surface area (Å²) >= 11 is 0. The number of aryl methyl sites for hydroxylation is 1. The van der Waals surface area contributed by atoms with Gasteiger partial charge in [-0.05, 0) is 12.5 Å². The van der Waals surface area contributed by atoms with E-state index in [0.29, 0.717) is 24.4 Å². The number of amidine groups is 1. The SMILES string of the molecule is CN/C(C=O)=C\C(N)=NCc1cccc(C)c1. The lowest BCUT2D eigenvalue weighted by molar-refractivity contribution is -0.105. The second kappa shape index (κ2) is 6.48. The van der Waals surface area contributed by atoms with Gasteiger partial charge in [-0.2, -0.15) is 0 Å². The maximum atomic E-state index is 10.5. The summed E-state index contributed by atoms with van der Waals surface area (Å²) in [6, 6.07) is 8.06. The van der Waals surface area contributed by atoms with Gasteiger partial charge < -0.3 is 11.1 Å². The lowest BCUT2D eigenvalue weighted by Gasteiger charge is -2.00. The van der Waals surface area contributed by atoms with E-state index in [4.69, 9.17) is 5.73 Å². The van der Waals surface area contributed by atoms with Crippen LogP contribution in [0.1, 0.15) is 11.1 Å². The van der Waals surface area contributed by atoms with Crippen LogP contribution in [0.5, 0.6) is 0 Å². The number of aliphatic imine (C=N–C) groups is 1. The fraction of sp³-hybridized carbons (Fsp3) is 0.231. The Labute approximate surface area is 101 Å². The predicted molar refractivity (Wildman–Crippen MR) is 69.7 cm³/mol. The molecule has 0 aromatic heterocycles. The Bertz CT molecular complexity index is 450. The van der Waals surface area contributed by atoms with Crippen LogP contribution >= 0.6 is 0 Å². The zero-order valence-electron chi connectivity index (χ0n) is 10.1. The van der Waals surface area contributed by atoms with Gasteiger partial charge in [0.1, 0.15) is 5.84 Å². The minimum absolute atomic E-state index is 0.336. The number of aldehydes is 1. The van der Waals surface area contributed by atoms with Crippen LogP contribution < -0.4 is 11.1 Å². The van der Waals surface area contributed by atoms with Crippen molar-refractivity contribution in [3.63, 3.8) is 0 Å². The number of carbonyl (C=O) groups excluding carboxylic acids is 1. The van der Waals surface area contributed by atoms with Crippen LogP contribution in [0.4, 0.5) is 0 Å². The standard InChI is InChI=1S/C13H17N3O/c1-10-4-3-5-11(6-10)8-16-13(14)7-12(9-17)15-2/h3-7,9,15H,8H2,1-2H3,(H2,14,16)/b12-7-. The van der Waals surface area contributed by atoms with Crippen molar-refractivity contribution in [3.8, 4) is 0 Å². The normalized spacial score (nSPS) is 12.4. The zero-order chi connectivity index (χ0) is 12.7. The Morgan fingerprint density at radius 1 is 1.53 bits per heavy atom. The van der Waals surface area contributed by atoms with Gasteiger partial charge in [0.15, 0.2) is 6.29 Å². The molecule has 0 aliphatic rings. The van der Waals surface area contributed by atoms with Crippen LogP contribution in [0, 0.1) is 6.92 Å². The highest BCUT2D eigenvalue weighted by Gasteiger charge is 1.94. The number of rotatable bonds is 5. The number of nitrogens with one attached hydrogen (secondary N) is 1. The van der Waals surface area contributed by atoms with Crippen molar-refractivity contribution in [2.24, 2.45) is 10.7 Å². The Morgan fingerprint density at radius 2 is 2.29 bits per heavy atom.